The maximum atomic E-state index is 12.5. The van der Waals surface area contributed by atoms with Gasteiger partial charge in [-0.15, -0.1) is 24.8 Å². The van der Waals surface area contributed by atoms with Gasteiger partial charge in [0.05, 0.1) is 0 Å². The number of likely N-dealkylation sites (tertiary alicyclic amines) is 1. The van der Waals surface area contributed by atoms with Gasteiger partial charge in [-0.25, -0.2) is 0 Å². The normalized spacial score (nSPS) is 27.1. The molecule has 2 fully saturated rings. The smallest absolute Gasteiger partial charge is 0.226 e. The first-order valence-corrected chi connectivity index (χ1v) is 7.28. The highest BCUT2D eigenvalue weighted by Gasteiger charge is 2.35. The summed E-state index contributed by atoms with van der Waals surface area (Å²) in [5.74, 6) is 1.02. The molecule has 20 heavy (non-hydrogen) atoms. The van der Waals surface area contributed by atoms with Crippen molar-refractivity contribution in [3.05, 3.63) is 0 Å². The van der Waals surface area contributed by atoms with Gasteiger partial charge < -0.3 is 15.5 Å². The minimum Gasteiger partial charge on any atom is -0.342 e. The minimum atomic E-state index is 0. The van der Waals surface area contributed by atoms with Crippen LogP contribution in [0.25, 0.3) is 0 Å². The number of carbonyl (C=O) groups excluding carboxylic acids is 1. The van der Waals surface area contributed by atoms with E-state index in [9.17, 15) is 4.79 Å². The summed E-state index contributed by atoms with van der Waals surface area (Å²) in [6.07, 6.45) is 5.58. The molecule has 2 N–H and O–H groups in total. The van der Waals surface area contributed by atoms with Crippen LogP contribution in [0.15, 0.2) is 0 Å². The van der Waals surface area contributed by atoms with Crippen LogP contribution in [-0.4, -0.2) is 55.5 Å². The van der Waals surface area contributed by atoms with Gasteiger partial charge in [0.2, 0.25) is 5.91 Å². The Morgan fingerprint density at radius 1 is 1.15 bits per heavy atom. The molecule has 1 saturated heterocycles. The summed E-state index contributed by atoms with van der Waals surface area (Å²) in [5.41, 5.74) is 5.78. The Bertz CT molecular complexity index is 294. The molecular weight excluding hydrogens is 297 g/mol. The van der Waals surface area contributed by atoms with Crippen molar-refractivity contribution in [3.8, 4) is 0 Å². The predicted molar refractivity (Wildman–Crippen MR) is 87.7 cm³/mol. The fourth-order valence-corrected chi connectivity index (χ4v) is 3.48. The van der Waals surface area contributed by atoms with Crippen molar-refractivity contribution in [2.75, 3.05) is 33.7 Å². The van der Waals surface area contributed by atoms with E-state index in [1.54, 1.807) is 0 Å². The van der Waals surface area contributed by atoms with Gasteiger partial charge in [-0.3, -0.25) is 4.79 Å². The molecule has 0 spiro atoms. The van der Waals surface area contributed by atoms with Crippen molar-refractivity contribution in [1.82, 2.24) is 9.80 Å². The number of amides is 1. The van der Waals surface area contributed by atoms with E-state index in [2.05, 4.69) is 23.9 Å². The summed E-state index contributed by atoms with van der Waals surface area (Å²) < 4.78 is 0. The van der Waals surface area contributed by atoms with Crippen LogP contribution in [0.1, 0.15) is 32.1 Å². The zero-order valence-electron chi connectivity index (χ0n) is 12.6. The minimum absolute atomic E-state index is 0. The van der Waals surface area contributed by atoms with Crippen LogP contribution in [0.5, 0.6) is 0 Å². The second kappa shape index (κ2) is 9.08. The number of nitrogens with zero attached hydrogens (tertiary/aromatic N) is 2. The van der Waals surface area contributed by atoms with Crippen molar-refractivity contribution in [2.24, 2.45) is 17.6 Å². The van der Waals surface area contributed by atoms with E-state index < -0.39 is 0 Å². The summed E-state index contributed by atoms with van der Waals surface area (Å²) in [7, 11) is 4.26. The third kappa shape index (κ3) is 4.48. The molecule has 1 heterocycles. The summed E-state index contributed by atoms with van der Waals surface area (Å²) >= 11 is 0. The first-order chi connectivity index (χ1) is 8.63. The molecule has 120 valence electrons. The number of hydrogen-bond donors (Lipinski definition) is 1. The number of piperidine rings is 1. The topological polar surface area (TPSA) is 49.6 Å². The molecule has 0 aromatic carbocycles. The van der Waals surface area contributed by atoms with Gasteiger partial charge in [0.15, 0.2) is 0 Å². The maximum absolute atomic E-state index is 12.5. The summed E-state index contributed by atoms with van der Waals surface area (Å²) in [4.78, 5) is 16.9. The molecule has 0 radical (unpaired) electrons. The average Bonchev–Trinajstić information content (AvgIpc) is 2.86. The molecule has 6 heteroatoms. The Kier molecular flexibility index (Phi) is 9.07. The molecule has 2 atom stereocenters. The van der Waals surface area contributed by atoms with Crippen molar-refractivity contribution in [2.45, 2.75) is 38.1 Å². The Hall–Kier alpha value is -0.0300. The SMILES string of the molecule is CN(C)C1CCN(C(=O)[C@@H]2CCC[C@@H]2CN)CC1.Cl.Cl. The van der Waals surface area contributed by atoms with Crippen LogP contribution in [0.2, 0.25) is 0 Å². The highest BCUT2D eigenvalue weighted by atomic mass is 35.5. The first-order valence-electron chi connectivity index (χ1n) is 7.28. The highest BCUT2D eigenvalue weighted by molar-refractivity contribution is 5.85. The lowest BCUT2D eigenvalue weighted by molar-refractivity contribution is -0.138. The lowest BCUT2D eigenvalue weighted by atomic mass is 9.93. The van der Waals surface area contributed by atoms with E-state index in [0.717, 1.165) is 38.8 Å². The molecule has 1 aliphatic heterocycles. The molecule has 0 aromatic rings. The van der Waals surface area contributed by atoms with Crippen molar-refractivity contribution in [1.29, 1.82) is 0 Å². The zero-order chi connectivity index (χ0) is 13.1. The van der Waals surface area contributed by atoms with Gasteiger partial charge in [0, 0.05) is 25.0 Å². The number of rotatable bonds is 3. The van der Waals surface area contributed by atoms with Crippen LogP contribution >= 0.6 is 24.8 Å². The highest BCUT2D eigenvalue weighted by Crippen LogP contribution is 2.33. The fraction of sp³-hybridized carbons (Fsp3) is 0.929. The summed E-state index contributed by atoms with van der Waals surface area (Å²) in [5, 5.41) is 0. The van der Waals surface area contributed by atoms with Gasteiger partial charge in [-0.1, -0.05) is 6.42 Å². The number of halogens is 2. The van der Waals surface area contributed by atoms with Crippen LogP contribution in [-0.2, 0) is 4.79 Å². The van der Waals surface area contributed by atoms with E-state index in [4.69, 9.17) is 5.73 Å². The molecule has 1 aliphatic carbocycles. The lowest BCUT2D eigenvalue weighted by Gasteiger charge is -2.37. The predicted octanol–water partition coefficient (Wildman–Crippen LogP) is 1.76. The zero-order valence-corrected chi connectivity index (χ0v) is 14.2. The lowest BCUT2D eigenvalue weighted by Crippen LogP contribution is -2.47. The van der Waals surface area contributed by atoms with Crippen LogP contribution in [0.3, 0.4) is 0 Å². The second-order valence-corrected chi connectivity index (χ2v) is 6.05. The Labute approximate surface area is 135 Å². The molecular formula is C14H29Cl2N3O. The third-order valence-electron chi connectivity index (χ3n) is 4.79. The molecule has 1 amide bonds. The molecule has 0 aromatic heterocycles. The monoisotopic (exact) mass is 325 g/mol. The average molecular weight is 326 g/mol. The van der Waals surface area contributed by atoms with Crippen molar-refractivity contribution in [3.63, 3.8) is 0 Å². The van der Waals surface area contributed by atoms with Gasteiger partial charge >= 0.3 is 0 Å². The largest absolute Gasteiger partial charge is 0.342 e. The quantitative estimate of drug-likeness (QED) is 0.860. The van der Waals surface area contributed by atoms with E-state index in [0.29, 0.717) is 24.4 Å². The van der Waals surface area contributed by atoms with Crippen LogP contribution in [0, 0.1) is 11.8 Å². The summed E-state index contributed by atoms with van der Waals surface area (Å²) in [6, 6.07) is 0.642. The molecule has 0 bridgehead atoms. The fourth-order valence-electron chi connectivity index (χ4n) is 3.48. The summed E-state index contributed by atoms with van der Waals surface area (Å²) in [6.45, 7) is 2.52. The van der Waals surface area contributed by atoms with E-state index in [-0.39, 0.29) is 30.7 Å². The standard InChI is InChI=1S/C14H27N3O.2ClH/c1-16(2)12-6-8-17(9-7-12)14(18)13-5-3-4-11(13)10-15;;/h11-13H,3-10,15H2,1-2H3;2*1H/t11-,13-;;/m1../s1. The number of nitrogens with two attached hydrogens (primary N) is 1. The Morgan fingerprint density at radius 2 is 1.75 bits per heavy atom. The van der Waals surface area contributed by atoms with E-state index >= 15 is 0 Å². The van der Waals surface area contributed by atoms with E-state index in [1.165, 1.54) is 6.42 Å². The number of carbonyl (C=O) groups is 1. The maximum Gasteiger partial charge on any atom is 0.226 e. The van der Waals surface area contributed by atoms with Gasteiger partial charge in [-0.2, -0.15) is 0 Å². The van der Waals surface area contributed by atoms with Gasteiger partial charge in [0.1, 0.15) is 0 Å². The molecule has 4 nitrogen and oxygen atoms in total. The van der Waals surface area contributed by atoms with Crippen LogP contribution in [0.4, 0.5) is 0 Å². The first kappa shape index (κ1) is 20.0. The molecule has 0 unspecified atom stereocenters. The van der Waals surface area contributed by atoms with Crippen LogP contribution < -0.4 is 5.73 Å². The van der Waals surface area contributed by atoms with E-state index in [1.807, 2.05) is 0 Å². The van der Waals surface area contributed by atoms with Gasteiger partial charge in [-0.05, 0) is 52.2 Å². The Morgan fingerprint density at radius 3 is 2.25 bits per heavy atom. The van der Waals surface area contributed by atoms with Crippen molar-refractivity contribution < 1.29 is 4.79 Å². The number of hydrogen-bond acceptors (Lipinski definition) is 3. The van der Waals surface area contributed by atoms with Gasteiger partial charge in [0.25, 0.3) is 0 Å². The molecule has 2 rings (SSSR count). The molecule has 2 aliphatic rings. The second-order valence-electron chi connectivity index (χ2n) is 6.05. The van der Waals surface area contributed by atoms with Crippen molar-refractivity contribution >= 4 is 30.7 Å². The Balaban J connectivity index is 0.00000180. The third-order valence-corrected chi connectivity index (χ3v) is 4.79. The molecule has 1 saturated carbocycles.